The molecule has 3 heterocycles. The Morgan fingerprint density at radius 2 is 2.11 bits per heavy atom. The van der Waals surface area contributed by atoms with E-state index in [2.05, 4.69) is 31.2 Å². The Labute approximate surface area is 173 Å². The highest BCUT2D eigenvalue weighted by atomic mass is 79.9. The van der Waals surface area contributed by atoms with Crippen LogP contribution in [0, 0.1) is 0 Å². The van der Waals surface area contributed by atoms with Gasteiger partial charge in [-0.3, -0.25) is 10.1 Å². The van der Waals surface area contributed by atoms with Crippen molar-refractivity contribution in [3.05, 3.63) is 46.0 Å². The molecule has 0 atom stereocenters. The fraction of sp³-hybridized carbons (Fsp3) is 0.222. The van der Waals surface area contributed by atoms with Crippen LogP contribution >= 0.6 is 27.3 Å². The van der Waals surface area contributed by atoms with Crippen LogP contribution in [0.5, 0.6) is 0 Å². The van der Waals surface area contributed by atoms with Gasteiger partial charge in [-0.25, -0.2) is 14.8 Å². The van der Waals surface area contributed by atoms with Gasteiger partial charge in [0, 0.05) is 25.0 Å². The van der Waals surface area contributed by atoms with Crippen molar-refractivity contribution in [1.82, 2.24) is 19.8 Å². The Morgan fingerprint density at radius 1 is 1.25 bits per heavy atom. The van der Waals surface area contributed by atoms with E-state index in [4.69, 9.17) is 5.73 Å². The van der Waals surface area contributed by atoms with Crippen molar-refractivity contribution >= 4 is 60.9 Å². The van der Waals surface area contributed by atoms with Crippen LogP contribution in [0.4, 0.5) is 15.6 Å². The average molecular weight is 461 g/mol. The van der Waals surface area contributed by atoms with Crippen LogP contribution < -0.4 is 11.1 Å². The fourth-order valence-electron chi connectivity index (χ4n) is 3.06. The Kier molecular flexibility index (Phi) is 5.14. The number of carbonyl (C=O) groups excluding carboxylic acids is 2. The number of anilines is 2. The number of amides is 3. The van der Waals surface area contributed by atoms with E-state index < -0.39 is 0 Å². The lowest BCUT2D eigenvalue weighted by atomic mass is 10.1. The SMILES string of the molecule is Nc1ncnc2cc(CN3CCN(C(=O)Nc4ccc(Br)s4)CC3=O)ccc12. The van der Waals surface area contributed by atoms with Crippen molar-refractivity contribution in [2.24, 2.45) is 0 Å². The molecule has 0 aliphatic carbocycles. The number of benzene rings is 1. The standard InChI is InChI=1S/C18H17BrN6O2S/c19-14-3-4-15(28-14)23-18(27)25-6-5-24(16(26)9-25)8-11-1-2-12-13(7-11)21-10-22-17(12)20/h1-4,7,10H,5-6,8-9H2,(H,23,27)(H2,20,21,22). The number of nitrogens with two attached hydrogens (primary N) is 1. The zero-order valence-electron chi connectivity index (χ0n) is 14.8. The molecular formula is C18H17BrN6O2S. The molecule has 0 unspecified atom stereocenters. The summed E-state index contributed by atoms with van der Waals surface area (Å²) in [6.07, 6.45) is 1.43. The minimum atomic E-state index is -0.264. The molecule has 0 saturated carbocycles. The molecule has 0 bridgehead atoms. The molecule has 1 saturated heterocycles. The van der Waals surface area contributed by atoms with E-state index in [1.807, 2.05) is 30.3 Å². The lowest BCUT2D eigenvalue weighted by Crippen LogP contribution is -2.52. The number of thiophene rings is 1. The van der Waals surface area contributed by atoms with E-state index in [0.717, 1.165) is 25.3 Å². The van der Waals surface area contributed by atoms with Gasteiger partial charge in [-0.1, -0.05) is 6.07 Å². The second-order valence-corrected chi connectivity index (χ2v) is 8.84. The average Bonchev–Trinajstić information content (AvgIpc) is 3.08. The van der Waals surface area contributed by atoms with Gasteiger partial charge in [-0.2, -0.15) is 0 Å². The number of piperazine rings is 1. The first-order valence-electron chi connectivity index (χ1n) is 8.58. The number of fused-ring (bicyclic) bond motifs is 1. The van der Waals surface area contributed by atoms with Crippen molar-refractivity contribution in [3.63, 3.8) is 0 Å². The van der Waals surface area contributed by atoms with Crippen LogP contribution in [0.1, 0.15) is 5.56 Å². The predicted octanol–water partition coefficient (Wildman–Crippen LogP) is 2.91. The zero-order valence-corrected chi connectivity index (χ0v) is 17.2. The summed E-state index contributed by atoms with van der Waals surface area (Å²) in [4.78, 5) is 36.4. The number of urea groups is 1. The molecule has 0 spiro atoms. The maximum absolute atomic E-state index is 12.5. The van der Waals surface area contributed by atoms with Gasteiger partial charge in [0.05, 0.1) is 14.3 Å². The second-order valence-electron chi connectivity index (χ2n) is 6.38. The number of halogens is 1. The Balaban J connectivity index is 1.39. The third kappa shape index (κ3) is 3.92. The summed E-state index contributed by atoms with van der Waals surface area (Å²) in [6.45, 7) is 1.48. The molecule has 1 fully saturated rings. The molecule has 1 aliphatic heterocycles. The largest absolute Gasteiger partial charge is 0.383 e. The zero-order chi connectivity index (χ0) is 19.7. The van der Waals surface area contributed by atoms with Gasteiger partial charge in [-0.05, 0) is 45.8 Å². The molecule has 28 heavy (non-hydrogen) atoms. The molecule has 10 heteroatoms. The summed E-state index contributed by atoms with van der Waals surface area (Å²) in [6, 6.07) is 9.12. The lowest BCUT2D eigenvalue weighted by molar-refractivity contribution is -0.135. The summed E-state index contributed by atoms with van der Waals surface area (Å²) in [5.41, 5.74) is 7.56. The van der Waals surface area contributed by atoms with Gasteiger partial charge in [-0.15, -0.1) is 11.3 Å². The highest BCUT2D eigenvalue weighted by Crippen LogP contribution is 2.27. The normalized spacial score (nSPS) is 14.5. The van der Waals surface area contributed by atoms with Crippen LogP contribution in [0.25, 0.3) is 10.9 Å². The van der Waals surface area contributed by atoms with Gasteiger partial charge < -0.3 is 15.5 Å². The summed E-state index contributed by atoms with van der Waals surface area (Å²) >= 11 is 4.79. The number of hydrogen-bond acceptors (Lipinski definition) is 6. The minimum Gasteiger partial charge on any atom is -0.383 e. The van der Waals surface area contributed by atoms with Crippen molar-refractivity contribution < 1.29 is 9.59 Å². The van der Waals surface area contributed by atoms with Crippen LogP contribution in [0.3, 0.4) is 0 Å². The van der Waals surface area contributed by atoms with Gasteiger partial charge >= 0.3 is 6.03 Å². The number of hydrogen-bond donors (Lipinski definition) is 2. The summed E-state index contributed by atoms with van der Waals surface area (Å²) in [7, 11) is 0. The highest BCUT2D eigenvalue weighted by molar-refractivity contribution is 9.11. The fourth-order valence-corrected chi connectivity index (χ4v) is 4.33. The van der Waals surface area contributed by atoms with Crippen LogP contribution in [-0.2, 0) is 11.3 Å². The van der Waals surface area contributed by atoms with Gasteiger partial charge in [0.15, 0.2) is 0 Å². The summed E-state index contributed by atoms with van der Waals surface area (Å²) in [5, 5.41) is 4.35. The summed E-state index contributed by atoms with van der Waals surface area (Å²) < 4.78 is 0.936. The number of nitrogens with zero attached hydrogens (tertiary/aromatic N) is 4. The molecule has 1 aromatic carbocycles. The first-order chi connectivity index (χ1) is 13.5. The quantitative estimate of drug-likeness (QED) is 0.624. The maximum atomic E-state index is 12.5. The predicted molar refractivity (Wildman–Crippen MR) is 112 cm³/mol. The lowest BCUT2D eigenvalue weighted by Gasteiger charge is -2.34. The van der Waals surface area contributed by atoms with Gasteiger partial charge in [0.2, 0.25) is 5.91 Å². The first-order valence-corrected chi connectivity index (χ1v) is 10.2. The third-order valence-corrected chi connectivity index (χ3v) is 6.05. The maximum Gasteiger partial charge on any atom is 0.322 e. The van der Waals surface area contributed by atoms with E-state index in [-0.39, 0.29) is 18.5 Å². The molecule has 144 valence electrons. The van der Waals surface area contributed by atoms with E-state index in [1.54, 1.807) is 4.90 Å². The number of aromatic nitrogens is 2. The van der Waals surface area contributed by atoms with Crippen molar-refractivity contribution in [2.45, 2.75) is 6.54 Å². The Morgan fingerprint density at radius 3 is 2.86 bits per heavy atom. The van der Waals surface area contributed by atoms with Crippen molar-refractivity contribution in [3.8, 4) is 0 Å². The highest BCUT2D eigenvalue weighted by Gasteiger charge is 2.27. The second kappa shape index (κ2) is 7.72. The summed E-state index contributed by atoms with van der Waals surface area (Å²) in [5.74, 6) is 0.348. The van der Waals surface area contributed by atoms with E-state index in [9.17, 15) is 9.59 Å². The van der Waals surface area contributed by atoms with Gasteiger partial charge in [0.25, 0.3) is 0 Å². The molecule has 0 radical (unpaired) electrons. The van der Waals surface area contributed by atoms with E-state index >= 15 is 0 Å². The van der Waals surface area contributed by atoms with Crippen molar-refractivity contribution in [1.29, 1.82) is 0 Å². The first kappa shape index (κ1) is 18.6. The number of carbonyl (C=O) groups is 2. The Hall–Kier alpha value is -2.72. The van der Waals surface area contributed by atoms with Crippen LogP contribution in [0.2, 0.25) is 0 Å². The molecule has 3 N–H and O–H groups in total. The molecule has 4 rings (SSSR count). The smallest absolute Gasteiger partial charge is 0.322 e. The van der Waals surface area contributed by atoms with Crippen LogP contribution in [-0.4, -0.2) is 51.3 Å². The van der Waals surface area contributed by atoms with E-state index in [1.165, 1.54) is 22.6 Å². The molecule has 3 amide bonds. The van der Waals surface area contributed by atoms with Gasteiger partial charge in [0.1, 0.15) is 18.7 Å². The minimum absolute atomic E-state index is 0.0566. The van der Waals surface area contributed by atoms with Crippen LogP contribution in [0.15, 0.2) is 40.4 Å². The Bertz CT molecular complexity index is 1060. The number of rotatable bonds is 3. The molecule has 3 aromatic rings. The number of nitrogens with one attached hydrogen (secondary N) is 1. The third-order valence-electron chi connectivity index (χ3n) is 4.51. The number of nitrogen functional groups attached to an aromatic ring is 1. The molecule has 2 aromatic heterocycles. The monoisotopic (exact) mass is 460 g/mol. The van der Waals surface area contributed by atoms with Crippen molar-refractivity contribution in [2.75, 3.05) is 30.7 Å². The molecular weight excluding hydrogens is 444 g/mol. The topological polar surface area (TPSA) is 104 Å². The molecule has 1 aliphatic rings. The molecule has 8 nitrogen and oxygen atoms in total. The van der Waals surface area contributed by atoms with E-state index in [0.29, 0.717) is 25.5 Å².